The second-order valence-electron chi connectivity index (χ2n) is 3.50. The summed E-state index contributed by atoms with van der Waals surface area (Å²) in [6, 6.07) is 7.42. The van der Waals surface area contributed by atoms with Crippen molar-refractivity contribution in [3.8, 4) is 5.75 Å². The van der Waals surface area contributed by atoms with Crippen LogP contribution < -0.4 is 10.5 Å². The first-order valence-corrected chi connectivity index (χ1v) is 7.00. The first-order valence-electron chi connectivity index (χ1n) is 4.95. The van der Waals surface area contributed by atoms with Crippen LogP contribution in [0, 0.1) is 0 Å². The highest BCUT2D eigenvalue weighted by Gasteiger charge is 2.15. The lowest BCUT2D eigenvalue weighted by Gasteiger charge is -2.13. The van der Waals surface area contributed by atoms with Gasteiger partial charge in [-0.15, -0.1) is 11.3 Å². The molecule has 1 aromatic carbocycles. The van der Waals surface area contributed by atoms with Crippen LogP contribution in [0.25, 0.3) is 0 Å². The molecule has 1 heterocycles. The van der Waals surface area contributed by atoms with Crippen LogP contribution >= 0.6 is 38.9 Å². The van der Waals surface area contributed by atoms with Gasteiger partial charge in [-0.25, -0.2) is 0 Å². The Labute approximate surface area is 117 Å². The van der Waals surface area contributed by atoms with Crippen molar-refractivity contribution in [1.82, 2.24) is 0 Å². The molecular weight excluding hydrogens is 322 g/mol. The van der Waals surface area contributed by atoms with Gasteiger partial charge in [-0.3, -0.25) is 0 Å². The van der Waals surface area contributed by atoms with Crippen molar-refractivity contribution >= 4 is 38.9 Å². The zero-order chi connectivity index (χ0) is 12.4. The highest BCUT2D eigenvalue weighted by Crippen LogP contribution is 2.34. The van der Waals surface area contributed by atoms with E-state index >= 15 is 0 Å². The Morgan fingerprint density at radius 2 is 2.18 bits per heavy atom. The van der Waals surface area contributed by atoms with Gasteiger partial charge in [0.2, 0.25) is 0 Å². The molecule has 0 fully saturated rings. The SMILES string of the molecule is COc1cc(C(N)c2sccc2Br)ccc1Cl. The molecule has 0 radical (unpaired) electrons. The molecule has 0 saturated heterocycles. The number of thiophene rings is 1. The summed E-state index contributed by atoms with van der Waals surface area (Å²) in [5.41, 5.74) is 7.20. The van der Waals surface area contributed by atoms with E-state index in [2.05, 4.69) is 15.9 Å². The van der Waals surface area contributed by atoms with Crippen LogP contribution in [0.5, 0.6) is 5.75 Å². The quantitative estimate of drug-likeness (QED) is 0.913. The van der Waals surface area contributed by atoms with Gasteiger partial charge in [0, 0.05) is 9.35 Å². The van der Waals surface area contributed by atoms with E-state index in [0.717, 1.165) is 14.9 Å². The average molecular weight is 333 g/mol. The smallest absolute Gasteiger partial charge is 0.137 e. The maximum Gasteiger partial charge on any atom is 0.137 e. The molecule has 5 heteroatoms. The number of nitrogens with two attached hydrogens (primary N) is 1. The number of methoxy groups -OCH3 is 1. The summed E-state index contributed by atoms with van der Waals surface area (Å²) in [5, 5.41) is 2.60. The molecular formula is C12H11BrClNOS. The van der Waals surface area contributed by atoms with Gasteiger partial charge in [-0.05, 0) is 45.1 Å². The van der Waals surface area contributed by atoms with Crippen molar-refractivity contribution in [3.05, 3.63) is 49.6 Å². The van der Waals surface area contributed by atoms with Crippen molar-refractivity contribution in [2.45, 2.75) is 6.04 Å². The zero-order valence-electron chi connectivity index (χ0n) is 9.11. The standard InChI is InChI=1S/C12H11BrClNOS/c1-16-10-6-7(2-3-9(10)14)11(15)12-8(13)4-5-17-12/h2-6,11H,15H2,1H3. The molecule has 2 rings (SSSR count). The van der Waals surface area contributed by atoms with Crippen LogP contribution in [0.2, 0.25) is 5.02 Å². The second kappa shape index (κ2) is 5.40. The lowest BCUT2D eigenvalue weighted by molar-refractivity contribution is 0.414. The Bertz CT molecular complexity index is 529. The number of rotatable bonds is 3. The second-order valence-corrected chi connectivity index (χ2v) is 5.71. The number of benzene rings is 1. The molecule has 0 aliphatic heterocycles. The predicted octanol–water partition coefficient (Wildman–Crippen LogP) is 4.22. The van der Waals surface area contributed by atoms with E-state index in [-0.39, 0.29) is 6.04 Å². The fourth-order valence-electron chi connectivity index (χ4n) is 1.55. The minimum absolute atomic E-state index is 0.171. The fourth-order valence-corrected chi connectivity index (χ4v) is 3.39. The number of halogens is 2. The highest BCUT2D eigenvalue weighted by atomic mass is 79.9. The third-order valence-electron chi connectivity index (χ3n) is 2.46. The van der Waals surface area contributed by atoms with Crippen molar-refractivity contribution in [1.29, 1.82) is 0 Å². The van der Waals surface area contributed by atoms with E-state index in [9.17, 15) is 0 Å². The molecule has 2 N–H and O–H groups in total. The first kappa shape index (κ1) is 12.9. The summed E-state index contributed by atoms with van der Waals surface area (Å²) in [4.78, 5) is 1.09. The Kier molecular flexibility index (Phi) is 4.09. The summed E-state index contributed by atoms with van der Waals surface area (Å²) < 4.78 is 6.22. The van der Waals surface area contributed by atoms with Gasteiger partial charge < -0.3 is 10.5 Å². The van der Waals surface area contributed by atoms with Gasteiger partial charge in [-0.2, -0.15) is 0 Å². The summed E-state index contributed by atoms with van der Waals surface area (Å²) in [6.07, 6.45) is 0. The van der Waals surface area contributed by atoms with Gasteiger partial charge in [-0.1, -0.05) is 17.7 Å². The number of hydrogen-bond acceptors (Lipinski definition) is 3. The van der Waals surface area contributed by atoms with Crippen LogP contribution in [-0.2, 0) is 0 Å². The van der Waals surface area contributed by atoms with Crippen LogP contribution in [0.3, 0.4) is 0 Å². The number of hydrogen-bond donors (Lipinski definition) is 1. The third-order valence-corrected chi connectivity index (χ3v) is 4.73. The van der Waals surface area contributed by atoms with Crippen molar-refractivity contribution < 1.29 is 4.74 Å². The van der Waals surface area contributed by atoms with Crippen molar-refractivity contribution in [3.63, 3.8) is 0 Å². The number of ether oxygens (including phenoxy) is 1. The van der Waals surface area contributed by atoms with Crippen molar-refractivity contribution in [2.75, 3.05) is 7.11 Å². The highest BCUT2D eigenvalue weighted by molar-refractivity contribution is 9.10. The normalized spacial score (nSPS) is 12.5. The molecule has 2 nitrogen and oxygen atoms in total. The van der Waals surface area contributed by atoms with Crippen LogP contribution in [0.15, 0.2) is 34.1 Å². The average Bonchev–Trinajstić information content (AvgIpc) is 2.75. The molecule has 0 saturated carbocycles. The Morgan fingerprint density at radius 1 is 1.41 bits per heavy atom. The zero-order valence-corrected chi connectivity index (χ0v) is 12.3. The summed E-state index contributed by atoms with van der Waals surface area (Å²) in [6.45, 7) is 0. The lowest BCUT2D eigenvalue weighted by Crippen LogP contribution is -2.10. The molecule has 0 aliphatic carbocycles. The molecule has 0 amide bonds. The minimum Gasteiger partial charge on any atom is -0.495 e. The topological polar surface area (TPSA) is 35.2 Å². The molecule has 17 heavy (non-hydrogen) atoms. The minimum atomic E-state index is -0.171. The molecule has 1 atom stereocenters. The Hall–Kier alpha value is -0.550. The summed E-state index contributed by atoms with van der Waals surface area (Å²) in [5.74, 6) is 0.646. The molecule has 1 unspecified atom stereocenters. The van der Waals surface area contributed by atoms with Gasteiger partial charge in [0.05, 0.1) is 18.2 Å². The molecule has 1 aromatic heterocycles. The summed E-state index contributed by atoms with van der Waals surface area (Å²) >= 11 is 11.1. The molecule has 0 spiro atoms. The van der Waals surface area contributed by atoms with E-state index in [4.69, 9.17) is 22.1 Å². The molecule has 0 aliphatic rings. The first-order chi connectivity index (χ1) is 8.13. The third kappa shape index (κ3) is 2.65. The predicted molar refractivity (Wildman–Crippen MR) is 76.1 cm³/mol. The van der Waals surface area contributed by atoms with Crippen LogP contribution in [-0.4, -0.2) is 7.11 Å². The van der Waals surface area contributed by atoms with E-state index in [0.29, 0.717) is 10.8 Å². The Balaban J connectivity index is 2.38. The van der Waals surface area contributed by atoms with Gasteiger partial charge in [0.25, 0.3) is 0 Å². The van der Waals surface area contributed by atoms with E-state index in [1.165, 1.54) is 0 Å². The molecule has 90 valence electrons. The molecule has 2 aromatic rings. The van der Waals surface area contributed by atoms with Crippen LogP contribution in [0.4, 0.5) is 0 Å². The Morgan fingerprint density at radius 3 is 2.76 bits per heavy atom. The van der Waals surface area contributed by atoms with Crippen LogP contribution in [0.1, 0.15) is 16.5 Å². The maximum atomic E-state index is 6.22. The maximum absolute atomic E-state index is 6.22. The van der Waals surface area contributed by atoms with Crippen molar-refractivity contribution in [2.24, 2.45) is 5.73 Å². The van der Waals surface area contributed by atoms with Gasteiger partial charge in [0.15, 0.2) is 0 Å². The van der Waals surface area contributed by atoms with E-state index in [1.807, 2.05) is 23.6 Å². The van der Waals surface area contributed by atoms with Gasteiger partial charge >= 0.3 is 0 Å². The monoisotopic (exact) mass is 331 g/mol. The van der Waals surface area contributed by atoms with E-state index in [1.54, 1.807) is 24.5 Å². The fraction of sp³-hybridized carbons (Fsp3) is 0.167. The summed E-state index contributed by atoms with van der Waals surface area (Å²) in [7, 11) is 1.59. The largest absolute Gasteiger partial charge is 0.495 e. The van der Waals surface area contributed by atoms with E-state index < -0.39 is 0 Å². The lowest BCUT2D eigenvalue weighted by atomic mass is 10.1. The molecule has 0 bridgehead atoms. The van der Waals surface area contributed by atoms with Gasteiger partial charge in [0.1, 0.15) is 5.75 Å².